The second-order valence-corrected chi connectivity index (χ2v) is 17.8. The van der Waals surface area contributed by atoms with Crippen LogP contribution in [-0.2, 0) is 4.43 Å². The van der Waals surface area contributed by atoms with Gasteiger partial charge in [0.2, 0.25) is 0 Å². The van der Waals surface area contributed by atoms with Crippen LogP contribution < -0.4 is 9.47 Å². The Balaban J connectivity index is 1.62. The lowest BCUT2D eigenvalue weighted by Crippen LogP contribution is -2.50. The van der Waals surface area contributed by atoms with Crippen molar-refractivity contribution in [1.29, 1.82) is 0 Å². The molecule has 1 aromatic carbocycles. The fraction of sp³-hybridized carbons (Fsp3) is 0.667. The van der Waals surface area contributed by atoms with Gasteiger partial charge in [0.05, 0.1) is 25.1 Å². The molecule has 0 amide bonds. The summed E-state index contributed by atoms with van der Waals surface area (Å²) in [5.41, 5.74) is -0.0108. The summed E-state index contributed by atoms with van der Waals surface area (Å²) < 4.78 is 18.1. The maximum Gasteiger partial charge on any atom is 0.192 e. The summed E-state index contributed by atoms with van der Waals surface area (Å²) in [7, 11) is -0.221. The second-order valence-electron chi connectivity index (χ2n) is 13.1. The first-order valence-electron chi connectivity index (χ1n) is 13.4. The van der Waals surface area contributed by atoms with Gasteiger partial charge in [-0.05, 0) is 104 Å². The molecule has 0 aliphatic heterocycles. The maximum atomic E-state index is 12.5. The first-order valence-corrected chi connectivity index (χ1v) is 16.3. The lowest BCUT2D eigenvalue weighted by Gasteiger charge is -2.48. The fourth-order valence-corrected chi connectivity index (χ4v) is 8.00. The molecule has 4 nitrogen and oxygen atoms in total. The van der Waals surface area contributed by atoms with Crippen LogP contribution in [0.3, 0.4) is 0 Å². The predicted molar refractivity (Wildman–Crippen MR) is 145 cm³/mol. The van der Waals surface area contributed by atoms with Crippen molar-refractivity contribution in [1.82, 2.24) is 0 Å². The highest BCUT2D eigenvalue weighted by Crippen LogP contribution is 2.72. The Hall–Kier alpha value is -1.56. The van der Waals surface area contributed by atoms with E-state index >= 15 is 0 Å². The molecule has 2 bridgehead atoms. The lowest BCUT2D eigenvalue weighted by molar-refractivity contribution is -0.0457. The smallest absolute Gasteiger partial charge is 0.192 e. The van der Waals surface area contributed by atoms with Crippen molar-refractivity contribution in [3.8, 4) is 11.5 Å². The molecule has 0 unspecified atom stereocenters. The van der Waals surface area contributed by atoms with Crippen LogP contribution in [-0.4, -0.2) is 32.2 Å². The topological polar surface area (TPSA) is 47.9 Å². The minimum absolute atomic E-state index is 0.00438. The molecule has 0 saturated heterocycles. The molecule has 0 spiro atoms. The summed E-state index contributed by atoms with van der Waals surface area (Å²) in [6, 6.07) is 7.63. The number of aliphatic hydroxyl groups is 1. The Labute approximate surface area is 213 Å². The Morgan fingerprint density at radius 1 is 1.06 bits per heavy atom. The molecule has 4 rings (SSSR count). The van der Waals surface area contributed by atoms with E-state index in [1.165, 1.54) is 5.57 Å². The Kier molecular flexibility index (Phi) is 6.87. The van der Waals surface area contributed by atoms with E-state index in [-0.39, 0.29) is 22.0 Å². The molecule has 1 N–H and O–H groups in total. The van der Waals surface area contributed by atoms with E-state index in [9.17, 15) is 5.11 Å². The molecule has 4 atom stereocenters. The van der Waals surface area contributed by atoms with Crippen LogP contribution in [0.4, 0.5) is 0 Å². The zero-order valence-electron chi connectivity index (χ0n) is 23.1. The van der Waals surface area contributed by atoms with E-state index in [2.05, 4.69) is 59.9 Å². The van der Waals surface area contributed by atoms with Gasteiger partial charge in [-0.15, -0.1) is 0 Å². The third kappa shape index (κ3) is 4.42. The van der Waals surface area contributed by atoms with Crippen molar-refractivity contribution in [3.05, 3.63) is 48.3 Å². The van der Waals surface area contributed by atoms with Crippen molar-refractivity contribution in [2.24, 2.45) is 16.7 Å². The number of fused-ring (bicyclic) bond motifs is 2. The SMILES string of the molecule is COc1ccc(O/C=C/[C@@]23CC[C@@H](C[C@]2(O)C2=C[C@H](O[Si](C)(C)C(C)(C)C)CCC2)C3(C)C)cc1. The van der Waals surface area contributed by atoms with Crippen molar-refractivity contribution < 1.29 is 19.0 Å². The van der Waals surface area contributed by atoms with Crippen LogP contribution >= 0.6 is 0 Å². The maximum absolute atomic E-state index is 12.5. The largest absolute Gasteiger partial charge is 0.497 e. The minimum atomic E-state index is -1.88. The average molecular weight is 499 g/mol. The summed E-state index contributed by atoms with van der Waals surface area (Å²) in [5, 5.41) is 12.7. The number of ether oxygens (including phenoxy) is 2. The zero-order valence-corrected chi connectivity index (χ0v) is 24.1. The summed E-state index contributed by atoms with van der Waals surface area (Å²) in [4.78, 5) is 0. The molecule has 0 radical (unpaired) electrons. The number of benzene rings is 1. The van der Waals surface area contributed by atoms with E-state index in [1.54, 1.807) is 7.11 Å². The van der Waals surface area contributed by atoms with Gasteiger partial charge in [-0.2, -0.15) is 0 Å². The fourth-order valence-electron chi connectivity index (χ4n) is 6.70. The first-order chi connectivity index (χ1) is 16.3. The van der Waals surface area contributed by atoms with Gasteiger partial charge >= 0.3 is 0 Å². The normalized spacial score (nSPS) is 32.7. The number of hydrogen-bond donors (Lipinski definition) is 1. The van der Waals surface area contributed by atoms with Gasteiger partial charge in [0.1, 0.15) is 11.5 Å². The highest BCUT2D eigenvalue weighted by molar-refractivity contribution is 6.74. The summed E-state index contributed by atoms with van der Waals surface area (Å²) in [6.07, 6.45) is 12.4. The van der Waals surface area contributed by atoms with Crippen molar-refractivity contribution in [2.75, 3.05) is 7.11 Å². The summed E-state index contributed by atoms with van der Waals surface area (Å²) >= 11 is 0. The van der Waals surface area contributed by atoms with Gasteiger partial charge in [0.15, 0.2) is 8.32 Å². The lowest BCUT2D eigenvalue weighted by atomic mass is 9.59. The highest BCUT2D eigenvalue weighted by Gasteiger charge is 2.70. The predicted octanol–water partition coefficient (Wildman–Crippen LogP) is 7.65. The molecule has 3 aliphatic rings. The van der Waals surface area contributed by atoms with Gasteiger partial charge in [0.25, 0.3) is 0 Å². The second kappa shape index (κ2) is 9.07. The van der Waals surface area contributed by atoms with Crippen molar-refractivity contribution in [3.63, 3.8) is 0 Å². The van der Waals surface area contributed by atoms with Gasteiger partial charge in [0, 0.05) is 5.41 Å². The van der Waals surface area contributed by atoms with E-state index in [0.29, 0.717) is 5.92 Å². The molecule has 2 saturated carbocycles. The Bertz CT molecular complexity index is 971. The number of hydrogen-bond acceptors (Lipinski definition) is 4. The van der Waals surface area contributed by atoms with Crippen LogP contribution in [0.1, 0.15) is 73.1 Å². The molecule has 0 heterocycles. The third-order valence-corrected chi connectivity index (χ3v) is 14.6. The van der Waals surface area contributed by atoms with Crippen LogP contribution in [0.15, 0.2) is 48.3 Å². The quantitative estimate of drug-likeness (QED) is 0.238. The molecule has 2 fully saturated rings. The van der Waals surface area contributed by atoms with E-state index < -0.39 is 13.9 Å². The molecule has 35 heavy (non-hydrogen) atoms. The summed E-state index contributed by atoms with van der Waals surface area (Å²) in [6.45, 7) is 16.2. The minimum Gasteiger partial charge on any atom is -0.497 e. The van der Waals surface area contributed by atoms with Crippen molar-refractivity contribution >= 4 is 8.32 Å². The van der Waals surface area contributed by atoms with Crippen LogP contribution in [0.2, 0.25) is 18.1 Å². The average Bonchev–Trinajstić information content (AvgIpc) is 3.13. The standard InChI is InChI=1S/C30H46O4Si/c1-27(2,3)35(7,8)34-26-11-9-10-22(20-26)30(31)21-23-16-17-29(30,28(23,4)5)18-19-33-25-14-12-24(32-6)13-15-25/h12-15,18-20,23,26,31H,9-11,16-17,21H2,1-8H3/b19-18+/t23-,26+,29+,30-/m0/s1. The van der Waals surface area contributed by atoms with Gasteiger partial charge in [-0.25, -0.2) is 0 Å². The number of rotatable bonds is 7. The molecule has 3 aliphatic carbocycles. The molecule has 194 valence electrons. The van der Waals surface area contributed by atoms with Crippen molar-refractivity contribution in [2.45, 2.75) is 103 Å². The zero-order chi connectivity index (χ0) is 25.7. The van der Waals surface area contributed by atoms with E-state index in [1.807, 2.05) is 30.5 Å². The molecule has 0 aromatic heterocycles. The third-order valence-electron chi connectivity index (χ3n) is 10.1. The van der Waals surface area contributed by atoms with E-state index in [0.717, 1.165) is 50.0 Å². The van der Waals surface area contributed by atoms with Crippen LogP contribution in [0.25, 0.3) is 0 Å². The Morgan fingerprint density at radius 2 is 1.71 bits per heavy atom. The molecular formula is C30H46O4Si. The van der Waals surface area contributed by atoms with Crippen LogP contribution in [0.5, 0.6) is 11.5 Å². The van der Waals surface area contributed by atoms with Crippen LogP contribution in [0, 0.1) is 16.7 Å². The highest BCUT2D eigenvalue weighted by atomic mass is 28.4. The number of methoxy groups -OCH3 is 1. The molecule has 1 aromatic rings. The first kappa shape index (κ1) is 26.5. The van der Waals surface area contributed by atoms with E-state index in [4.69, 9.17) is 13.9 Å². The van der Waals surface area contributed by atoms with Gasteiger partial charge in [-0.3, -0.25) is 0 Å². The molecular weight excluding hydrogens is 452 g/mol. The van der Waals surface area contributed by atoms with Gasteiger partial charge < -0.3 is 19.0 Å². The molecule has 5 heteroatoms. The summed E-state index contributed by atoms with van der Waals surface area (Å²) in [5.74, 6) is 2.08. The Morgan fingerprint density at radius 3 is 2.31 bits per heavy atom. The van der Waals surface area contributed by atoms with Gasteiger partial charge in [-0.1, -0.05) is 40.7 Å². The monoisotopic (exact) mass is 498 g/mol.